The third-order valence-electron chi connectivity index (χ3n) is 13.0. The number of carbonyl (C=O) groups excluding carboxylic acids is 2. The Bertz CT molecular complexity index is 1550. The van der Waals surface area contributed by atoms with Crippen LogP contribution < -0.4 is 5.32 Å². The molecule has 0 saturated carbocycles. The standard InChI is InChI=1S/C62H105NO10/c1-4-7-10-13-16-19-22-24-26-28-30-32-35-38-41-44-47-50-57(67)73-60-59(69)58(68)56(51-64)72-62(60)71-52-53(54(65)48-45-42-39-36-33-21-18-15-12-9-6-3)63-61(70)55(66)49-46-43-40-37-34-31-29-27-25-23-20-17-14-11-8-5-2/h7,10,16-17,19-20,24-27,30,32,38,41,45,48,53-56,58-60,62,64-66,68-69H,4-6,8-9,11-15,18,21-23,28-29,31,33-37,39-40,42-44,46-47,49-52H2,1-3H3,(H,63,70)/b10-7-,19-16-,20-17-,26-24-,27-25-,32-30-,41-38-,48-45+. The number of aliphatic hydroxyl groups excluding tert-OH is 5. The van der Waals surface area contributed by atoms with Crippen molar-refractivity contribution in [3.05, 3.63) is 97.2 Å². The number of hydrogen-bond donors (Lipinski definition) is 6. The zero-order valence-corrected chi connectivity index (χ0v) is 46.0. The van der Waals surface area contributed by atoms with Crippen LogP contribution in [0.5, 0.6) is 0 Å². The third kappa shape index (κ3) is 37.9. The van der Waals surface area contributed by atoms with Crippen LogP contribution in [-0.4, -0.2) is 99.6 Å². The fourth-order valence-corrected chi connectivity index (χ4v) is 8.36. The fraction of sp³-hybridized carbons (Fsp3) is 0.710. The number of amides is 1. The van der Waals surface area contributed by atoms with Gasteiger partial charge in [-0.1, -0.05) is 214 Å². The van der Waals surface area contributed by atoms with E-state index in [-0.39, 0.29) is 19.4 Å². The fourth-order valence-electron chi connectivity index (χ4n) is 8.36. The highest BCUT2D eigenvalue weighted by atomic mass is 16.7. The van der Waals surface area contributed by atoms with Crippen LogP contribution in [0.2, 0.25) is 0 Å². The third-order valence-corrected chi connectivity index (χ3v) is 13.0. The van der Waals surface area contributed by atoms with E-state index in [1.807, 2.05) is 18.2 Å². The molecule has 0 radical (unpaired) electrons. The average Bonchev–Trinajstić information content (AvgIpc) is 3.39. The molecule has 0 bridgehead atoms. The second kappa shape index (κ2) is 49.5. The van der Waals surface area contributed by atoms with Gasteiger partial charge in [0.2, 0.25) is 5.91 Å². The number of rotatable bonds is 47. The predicted molar refractivity (Wildman–Crippen MR) is 301 cm³/mol. The van der Waals surface area contributed by atoms with Gasteiger partial charge < -0.3 is 45.1 Å². The first-order valence-corrected chi connectivity index (χ1v) is 29.0. The Labute approximate surface area is 444 Å². The summed E-state index contributed by atoms with van der Waals surface area (Å²) in [6.45, 7) is 5.58. The van der Waals surface area contributed by atoms with Crippen LogP contribution in [0.3, 0.4) is 0 Å². The van der Waals surface area contributed by atoms with Crippen LogP contribution in [0.25, 0.3) is 0 Å². The molecule has 1 fully saturated rings. The lowest BCUT2D eigenvalue weighted by Crippen LogP contribution is -2.61. The zero-order valence-electron chi connectivity index (χ0n) is 46.0. The van der Waals surface area contributed by atoms with Gasteiger partial charge in [-0.05, 0) is 96.3 Å². The van der Waals surface area contributed by atoms with Gasteiger partial charge in [0.05, 0.1) is 25.4 Å². The summed E-state index contributed by atoms with van der Waals surface area (Å²) in [6.07, 6.45) is 54.5. The molecule has 8 atom stereocenters. The van der Waals surface area contributed by atoms with Crippen LogP contribution in [0, 0.1) is 0 Å². The normalized spacial score (nSPS) is 20.1. The van der Waals surface area contributed by atoms with Gasteiger partial charge in [0.15, 0.2) is 12.4 Å². The number of ether oxygens (including phenoxy) is 3. The minimum atomic E-state index is -1.64. The lowest BCUT2D eigenvalue weighted by Gasteiger charge is -2.41. The number of unbranched alkanes of at least 4 members (excludes halogenated alkanes) is 19. The minimum absolute atomic E-state index is 0.0397. The molecule has 0 aromatic carbocycles. The zero-order chi connectivity index (χ0) is 53.3. The molecule has 0 aromatic heterocycles. The number of carbonyl (C=O) groups is 2. The van der Waals surface area contributed by atoms with Gasteiger partial charge in [0.1, 0.15) is 24.4 Å². The summed E-state index contributed by atoms with van der Waals surface area (Å²) in [4.78, 5) is 26.4. The molecule has 6 N–H and O–H groups in total. The second-order valence-electron chi connectivity index (χ2n) is 19.6. The first kappa shape index (κ1) is 67.6. The van der Waals surface area contributed by atoms with Gasteiger partial charge in [0, 0.05) is 6.42 Å². The Morgan fingerprint density at radius 3 is 1.51 bits per heavy atom. The van der Waals surface area contributed by atoms with Crippen molar-refractivity contribution < 1.29 is 49.3 Å². The molecule has 1 amide bonds. The van der Waals surface area contributed by atoms with E-state index in [2.05, 4.69) is 99.0 Å². The van der Waals surface area contributed by atoms with E-state index >= 15 is 0 Å². The van der Waals surface area contributed by atoms with Crippen LogP contribution in [-0.2, 0) is 23.8 Å². The van der Waals surface area contributed by atoms with E-state index < -0.39 is 67.4 Å². The van der Waals surface area contributed by atoms with E-state index in [0.717, 1.165) is 103 Å². The molecule has 1 saturated heterocycles. The van der Waals surface area contributed by atoms with E-state index in [1.54, 1.807) is 6.08 Å². The molecule has 1 aliphatic heterocycles. The number of allylic oxidation sites excluding steroid dienone is 15. The Balaban J connectivity index is 2.76. The van der Waals surface area contributed by atoms with E-state index in [1.165, 1.54) is 64.2 Å². The maximum Gasteiger partial charge on any atom is 0.306 e. The lowest BCUT2D eigenvalue weighted by molar-refractivity contribution is -0.305. The smallest absolute Gasteiger partial charge is 0.306 e. The van der Waals surface area contributed by atoms with Gasteiger partial charge in [-0.3, -0.25) is 9.59 Å². The van der Waals surface area contributed by atoms with Crippen molar-refractivity contribution >= 4 is 11.9 Å². The molecule has 0 aliphatic carbocycles. The first-order chi connectivity index (χ1) is 35.7. The average molecular weight is 1020 g/mol. The maximum atomic E-state index is 13.4. The van der Waals surface area contributed by atoms with E-state index in [9.17, 15) is 35.1 Å². The molecular weight excluding hydrogens is 919 g/mol. The molecule has 11 nitrogen and oxygen atoms in total. The molecule has 1 aliphatic rings. The molecule has 1 heterocycles. The van der Waals surface area contributed by atoms with Crippen LogP contribution >= 0.6 is 0 Å². The number of nitrogens with one attached hydrogen (secondary N) is 1. The molecule has 0 aromatic rings. The van der Waals surface area contributed by atoms with Crippen molar-refractivity contribution in [1.29, 1.82) is 0 Å². The largest absolute Gasteiger partial charge is 0.454 e. The van der Waals surface area contributed by atoms with Crippen LogP contribution in [0.4, 0.5) is 0 Å². The van der Waals surface area contributed by atoms with Crippen molar-refractivity contribution in [3.8, 4) is 0 Å². The summed E-state index contributed by atoms with van der Waals surface area (Å²) in [5.41, 5.74) is 0. The van der Waals surface area contributed by atoms with Crippen LogP contribution in [0.15, 0.2) is 97.2 Å². The van der Waals surface area contributed by atoms with Gasteiger partial charge in [-0.25, -0.2) is 0 Å². The summed E-state index contributed by atoms with van der Waals surface area (Å²) < 4.78 is 17.5. The molecule has 1 rings (SSSR count). The summed E-state index contributed by atoms with van der Waals surface area (Å²) in [7, 11) is 0. The van der Waals surface area contributed by atoms with Crippen LogP contribution in [0.1, 0.15) is 220 Å². The second-order valence-corrected chi connectivity index (χ2v) is 19.6. The molecule has 73 heavy (non-hydrogen) atoms. The molecule has 418 valence electrons. The molecular formula is C62H105NO10. The van der Waals surface area contributed by atoms with Crippen molar-refractivity contribution in [2.75, 3.05) is 13.2 Å². The minimum Gasteiger partial charge on any atom is -0.454 e. The highest BCUT2D eigenvalue weighted by Crippen LogP contribution is 2.26. The molecule has 0 spiro atoms. The Morgan fingerprint density at radius 2 is 0.986 bits per heavy atom. The monoisotopic (exact) mass is 1020 g/mol. The summed E-state index contributed by atoms with van der Waals surface area (Å²) in [5.74, 6) is -1.27. The first-order valence-electron chi connectivity index (χ1n) is 29.0. The lowest BCUT2D eigenvalue weighted by atomic mass is 9.99. The van der Waals surface area contributed by atoms with Gasteiger partial charge in [-0.2, -0.15) is 0 Å². The van der Waals surface area contributed by atoms with E-state index in [0.29, 0.717) is 19.3 Å². The van der Waals surface area contributed by atoms with Crippen molar-refractivity contribution in [3.63, 3.8) is 0 Å². The SMILES string of the molecule is CC/C=C\C/C=C\C/C=C\C/C=C\C/C=C\CCCC(=O)OC1C(OCC(NC(=O)C(O)CCCCCCCC/C=C\C/C=C\CCCCC)C(O)/C=C/CCCCCCCCCCC)OC(CO)C(O)C1O. The number of esters is 1. The highest BCUT2D eigenvalue weighted by molar-refractivity contribution is 5.80. The Hall–Kier alpha value is -3.42. The van der Waals surface area contributed by atoms with E-state index in [4.69, 9.17) is 14.2 Å². The highest BCUT2D eigenvalue weighted by Gasteiger charge is 2.47. The molecule has 11 heteroatoms. The summed E-state index contributed by atoms with van der Waals surface area (Å²) >= 11 is 0. The number of hydrogen-bond acceptors (Lipinski definition) is 10. The predicted octanol–water partition coefficient (Wildman–Crippen LogP) is 13.2. The van der Waals surface area contributed by atoms with Gasteiger partial charge in [-0.15, -0.1) is 0 Å². The maximum absolute atomic E-state index is 13.4. The molecule has 8 unspecified atom stereocenters. The Morgan fingerprint density at radius 1 is 0.548 bits per heavy atom. The van der Waals surface area contributed by atoms with Gasteiger partial charge in [0.25, 0.3) is 0 Å². The van der Waals surface area contributed by atoms with Crippen molar-refractivity contribution in [2.45, 2.75) is 269 Å². The van der Waals surface area contributed by atoms with Gasteiger partial charge >= 0.3 is 5.97 Å². The topological polar surface area (TPSA) is 175 Å². The Kier molecular flexibility index (Phi) is 45.8. The van der Waals surface area contributed by atoms with Crippen molar-refractivity contribution in [1.82, 2.24) is 5.32 Å². The van der Waals surface area contributed by atoms with Crippen molar-refractivity contribution in [2.24, 2.45) is 0 Å². The summed E-state index contributed by atoms with van der Waals surface area (Å²) in [6, 6.07) is -1.04. The summed E-state index contributed by atoms with van der Waals surface area (Å²) in [5, 5.41) is 56.8. The quantitative estimate of drug-likeness (QED) is 0.0196. The number of aliphatic hydroxyl groups is 5.